The summed E-state index contributed by atoms with van der Waals surface area (Å²) in [7, 11) is 1.40. The Labute approximate surface area is 178 Å². The first kappa shape index (κ1) is 21.9. The third-order valence-corrected chi connectivity index (χ3v) is 6.01. The summed E-state index contributed by atoms with van der Waals surface area (Å²) in [5.41, 5.74) is 1.16. The third kappa shape index (κ3) is 5.64. The van der Waals surface area contributed by atoms with Crippen LogP contribution in [0.3, 0.4) is 0 Å². The van der Waals surface area contributed by atoms with Gasteiger partial charge in [0.2, 0.25) is 5.91 Å². The fourth-order valence-electron chi connectivity index (χ4n) is 4.10. The minimum Gasteiger partial charge on any atom is -0.469 e. The van der Waals surface area contributed by atoms with E-state index in [4.69, 9.17) is 4.74 Å². The zero-order chi connectivity index (χ0) is 21.5. The first-order valence-electron chi connectivity index (χ1n) is 10.7. The number of nitrogens with one attached hydrogen (secondary N) is 1. The van der Waals surface area contributed by atoms with Crippen molar-refractivity contribution in [2.75, 3.05) is 51.3 Å². The Morgan fingerprint density at radius 3 is 2.23 bits per heavy atom. The maximum Gasteiger partial charge on any atom is 0.318 e. The van der Waals surface area contributed by atoms with Crippen LogP contribution >= 0.6 is 0 Å². The summed E-state index contributed by atoms with van der Waals surface area (Å²) < 4.78 is 4.72. The molecule has 3 amide bonds. The monoisotopic (exact) mass is 416 g/mol. The molecule has 164 valence electrons. The molecule has 0 unspecified atom stereocenters. The molecule has 1 N–H and O–H groups in total. The number of likely N-dealkylation sites (tertiary alicyclic amines) is 1. The molecule has 1 atom stereocenters. The van der Waals surface area contributed by atoms with Crippen molar-refractivity contribution in [3.63, 3.8) is 0 Å². The Balaban J connectivity index is 1.41. The number of hydrogen-bond acceptors (Lipinski definition) is 5. The average molecular weight is 417 g/mol. The van der Waals surface area contributed by atoms with Gasteiger partial charge in [-0.15, -0.1) is 0 Å². The van der Waals surface area contributed by atoms with Gasteiger partial charge >= 0.3 is 12.0 Å². The summed E-state index contributed by atoms with van der Waals surface area (Å²) in [6.45, 7) is 5.75. The lowest BCUT2D eigenvalue weighted by Gasteiger charge is -2.37. The molecule has 30 heavy (non-hydrogen) atoms. The summed E-state index contributed by atoms with van der Waals surface area (Å²) in [5.74, 6) is -0.0112. The number of esters is 1. The number of ether oxygens (including phenoxy) is 1. The second-order valence-electron chi connectivity index (χ2n) is 8.03. The largest absolute Gasteiger partial charge is 0.469 e. The van der Waals surface area contributed by atoms with Gasteiger partial charge in [-0.1, -0.05) is 18.2 Å². The van der Waals surface area contributed by atoms with Crippen LogP contribution in [0.4, 0.5) is 10.5 Å². The normalized spacial score (nSPS) is 18.7. The van der Waals surface area contributed by atoms with Gasteiger partial charge < -0.3 is 24.8 Å². The van der Waals surface area contributed by atoms with Crippen molar-refractivity contribution in [1.82, 2.24) is 15.1 Å². The molecule has 3 rings (SSSR count). The summed E-state index contributed by atoms with van der Waals surface area (Å²) in [5, 5.41) is 2.86. The van der Waals surface area contributed by atoms with Crippen molar-refractivity contribution in [3.05, 3.63) is 30.3 Å². The van der Waals surface area contributed by atoms with E-state index in [1.807, 2.05) is 18.2 Å². The number of carbonyl (C=O) groups is 3. The standard InChI is InChI=1S/C22H32N4O4/c1-17(21(28)25-10-8-18(9-11-25)16-20(27)30-2)23-22(29)26-14-12-24(13-15-26)19-6-4-3-5-7-19/h3-7,17-18H,8-16H2,1-2H3,(H,23,29)/t17-/m1/s1. The van der Waals surface area contributed by atoms with Gasteiger partial charge in [0.05, 0.1) is 7.11 Å². The third-order valence-electron chi connectivity index (χ3n) is 6.01. The highest BCUT2D eigenvalue weighted by Crippen LogP contribution is 2.21. The lowest BCUT2D eigenvalue weighted by atomic mass is 9.93. The molecule has 2 heterocycles. The van der Waals surface area contributed by atoms with Crippen molar-refractivity contribution in [3.8, 4) is 0 Å². The fraction of sp³-hybridized carbons (Fsp3) is 0.591. The van der Waals surface area contributed by atoms with Crippen molar-refractivity contribution >= 4 is 23.6 Å². The molecule has 0 aliphatic carbocycles. The van der Waals surface area contributed by atoms with Crippen LogP contribution in [-0.4, -0.2) is 80.1 Å². The number of nitrogens with zero attached hydrogens (tertiary/aromatic N) is 3. The molecule has 1 aromatic rings. The zero-order valence-electron chi connectivity index (χ0n) is 17.9. The zero-order valence-corrected chi connectivity index (χ0v) is 17.9. The number of rotatable bonds is 5. The number of urea groups is 1. The molecule has 0 bridgehead atoms. The first-order valence-corrected chi connectivity index (χ1v) is 10.7. The molecule has 0 aromatic heterocycles. The van der Waals surface area contributed by atoms with E-state index in [1.165, 1.54) is 7.11 Å². The van der Waals surface area contributed by atoms with Gasteiger partial charge in [-0.2, -0.15) is 0 Å². The quantitative estimate of drug-likeness (QED) is 0.739. The van der Waals surface area contributed by atoms with Crippen LogP contribution in [-0.2, 0) is 14.3 Å². The van der Waals surface area contributed by atoms with Crippen LogP contribution in [0.15, 0.2) is 30.3 Å². The number of methoxy groups -OCH3 is 1. The molecular weight excluding hydrogens is 384 g/mol. The molecular formula is C22H32N4O4. The summed E-state index contributed by atoms with van der Waals surface area (Å²) in [6, 6.07) is 9.41. The molecule has 8 heteroatoms. The number of piperazine rings is 1. The Hall–Kier alpha value is -2.77. The second kappa shape index (κ2) is 10.3. The predicted molar refractivity (Wildman–Crippen MR) is 114 cm³/mol. The van der Waals surface area contributed by atoms with Gasteiger partial charge in [0.1, 0.15) is 6.04 Å². The fourth-order valence-corrected chi connectivity index (χ4v) is 4.10. The van der Waals surface area contributed by atoms with E-state index >= 15 is 0 Å². The van der Waals surface area contributed by atoms with Crippen molar-refractivity contribution in [1.29, 1.82) is 0 Å². The van der Waals surface area contributed by atoms with Crippen LogP contribution in [0.2, 0.25) is 0 Å². The van der Waals surface area contributed by atoms with E-state index in [2.05, 4.69) is 22.3 Å². The minimum atomic E-state index is -0.568. The SMILES string of the molecule is COC(=O)CC1CCN(C(=O)[C@@H](C)NC(=O)N2CCN(c3ccccc3)CC2)CC1. The van der Waals surface area contributed by atoms with Gasteiger partial charge in [-0.05, 0) is 37.8 Å². The van der Waals surface area contributed by atoms with E-state index in [0.29, 0.717) is 32.6 Å². The highest BCUT2D eigenvalue weighted by Gasteiger charge is 2.29. The Morgan fingerprint density at radius 2 is 1.63 bits per heavy atom. The van der Waals surface area contributed by atoms with Gasteiger partial charge in [0.15, 0.2) is 0 Å². The average Bonchev–Trinajstić information content (AvgIpc) is 2.79. The molecule has 8 nitrogen and oxygen atoms in total. The van der Waals surface area contributed by atoms with E-state index in [9.17, 15) is 14.4 Å². The number of para-hydroxylation sites is 1. The Kier molecular flexibility index (Phi) is 7.54. The number of hydrogen-bond donors (Lipinski definition) is 1. The summed E-state index contributed by atoms with van der Waals surface area (Å²) in [6.07, 6.45) is 1.96. The first-order chi connectivity index (χ1) is 14.5. The van der Waals surface area contributed by atoms with E-state index < -0.39 is 6.04 Å². The number of anilines is 1. The minimum absolute atomic E-state index is 0.0669. The van der Waals surface area contributed by atoms with E-state index in [-0.39, 0.29) is 23.8 Å². The molecule has 2 aliphatic heterocycles. The molecule has 0 radical (unpaired) electrons. The number of carbonyl (C=O) groups excluding carboxylic acids is 3. The predicted octanol–water partition coefficient (Wildman–Crippen LogP) is 1.71. The van der Waals surface area contributed by atoms with Crippen LogP contribution in [0, 0.1) is 5.92 Å². The lowest BCUT2D eigenvalue weighted by Crippen LogP contribution is -2.56. The van der Waals surface area contributed by atoms with Crippen molar-refractivity contribution < 1.29 is 19.1 Å². The smallest absolute Gasteiger partial charge is 0.318 e. The molecule has 1 aromatic carbocycles. The van der Waals surface area contributed by atoms with Crippen molar-refractivity contribution in [2.24, 2.45) is 5.92 Å². The highest BCUT2D eigenvalue weighted by atomic mass is 16.5. The Morgan fingerprint density at radius 1 is 1.00 bits per heavy atom. The van der Waals surface area contributed by atoms with Crippen LogP contribution < -0.4 is 10.2 Å². The maximum absolute atomic E-state index is 12.7. The maximum atomic E-state index is 12.7. The number of piperidine rings is 1. The Bertz CT molecular complexity index is 726. The molecule has 0 saturated carbocycles. The van der Waals surface area contributed by atoms with Gasteiger partial charge in [0.25, 0.3) is 0 Å². The summed E-state index contributed by atoms with van der Waals surface area (Å²) >= 11 is 0. The van der Waals surface area contributed by atoms with E-state index in [1.54, 1.807) is 16.7 Å². The van der Waals surface area contributed by atoms with Crippen LogP contribution in [0.25, 0.3) is 0 Å². The summed E-state index contributed by atoms with van der Waals surface area (Å²) in [4.78, 5) is 42.6. The van der Waals surface area contributed by atoms with Gasteiger partial charge in [-0.25, -0.2) is 4.79 Å². The topological polar surface area (TPSA) is 82.2 Å². The number of amides is 3. The molecule has 2 aliphatic rings. The second-order valence-corrected chi connectivity index (χ2v) is 8.03. The van der Waals surface area contributed by atoms with Crippen molar-refractivity contribution in [2.45, 2.75) is 32.2 Å². The molecule has 0 spiro atoms. The van der Waals surface area contributed by atoms with Gasteiger partial charge in [-0.3, -0.25) is 9.59 Å². The highest BCUT2D eigenvalue weighted by molar-refractivity contribution is 5.87. The lowest BCUT2D eigenvalue weighted by molar-refractivity contribution is -0.142. The van der Waals surface area contributed by atoms with E-state index in [0.717, 1.165) is 31.6 Å². The number of benzene rings is 1. The molecule has 2 fully saturated rings. The molecule has 2 saturated heterocycles. The van der Waals surface area contributed by atoms with Crippen LogP contribution in [0.1, 0.15) is 26.2 Å². The van der Waals surface area contributed by atoms with Gasteiger partial charge in [0, 0.05) is 51.4 Å². The van der Waals surface area contributed by atoms with Crippen LogP contribution in [0.5, 0.6) is 0 Å².